The highest BCUT2D eigenvalue weighted by molar-refractivity contribution is 8.00. The van der Waals surface area contributed by atoms with Crippen molar-refractivity contribution in [3.05, 3.63) is 59.0 Å². The van der Waals surface area contributed by atoms with Crippen LogP contribution in [0.3, 0.4) is 0 Å². The lowest BCUT2D eigenvalue weighted by atomic mass is 10.2. The highest BCUT2D eigenvalue weighted by Gasteiger charge is 2.14. The lowest BCUT2D eigenvalue weighted by Crippen LogP contribution is -2.21. The van der Waals surface area contributed by atoms with Crippen LogP contribution in [-0.4, -0.2) is 52.3 Å². The van der Waals surface area contributed by atoms with Crippen LogP contribution in [-0.2, 0) is 0 Å². The Balaban J connectivity index is 1.54. The van der Waals surface area contributed by atoms with Gasteiger partial charge in [-0.3, -0.25) is 5.10 Å². The van der Waals surface area contributed by atoms with Gasteiger partial charge in [-0.05, 0) is 75.4 Å². The van der Waals surface area contributed by atoms with Crippen LogP contribution in [0, 0.1) is 12.7 Å². The number of H-pyrrole nitrogens is 1. The summed E-state index contributed by atoms with van der Waals surface area (Å²) in [5, 5.41) is 12.1. The Morgan fingerprint density at radius 2 is 1.91 bits per heavy atom. The maximum absolute atomic E-state index is 13.9. The van der Waals surface area contributed by atoms with E-state index in [2.05, 4.69) is 30.1 Å². The number of rotatable bonds is 8. The molecule has 2 aromatic carbocycles. The van der Waals surface area contributed by atoms with E-state index < -0.39 is 0 Å². The molecular formula is C22H23ClFN7S. The van der Waals surface area contributed by atoms with Crippen molar-refractivity contribution in [2.75, 3.05) is 37.2 Å². The van der Waals surface area contributed by atoms with Crippen LogP contribution in [0.1, 0.15) is 5.69 Å². The summed E-state index contributed by atoms with van der Waals surface area (Å²) in [4.78, 5) is 11.9. The molecule has 4 rings (SSSR count). The van der Waals surface area contributed by atoms with Crippen molar-refractivity contribution < 1.29 is 4.39 Å². The van der Waals surface area contributed by atoms with Gasteiger partial charge < -0.3 is 14.9 Å². The number of anilines is 2. The second-order valence-electron chi connectivity index (χ2n) is 7.51. The van der Waals surface area contributed by atoms with E-state index in [4.69, 9.17) is 16.6 Å². The summed E-state index contributed by atoms with van der Waals surface area (Å²) in [6.45, 7) is 3.56. The predicted molar refractivity (Wildman–Crippen MR) is 130 cm³/mol. The number of halogens is 2. The number of hydrogen-bond donors (Lipinski definition) is 3. The van der Waals surface area contributed by atoms with E-state index in [0.717, 1.165) is 41.2 Å². The maximum Gasteiger partial charge on any atom is 0.163 e. The fourth-order valence-electron chi connectivity index (χ4n) is 3.09. The number of aryl methyl sites for hydroxylation is 1. The van der Waals surface area contributed by atoms with Crippen LogP contribution in [0.4, 0.5) is 15.9 Å². The van der Waals surface area contributed by atoms with Gasteiger partial charge in [0.05, 0.1) is 16.0 Å². The van der Waals surface area contributed by atoms with E-state index in [9.17, 15) is 4.39 Å². The Kier molecular flexibility index (Phi) is 6.78. The van der Waals surface area contributed by atoms with E-state index in [1.807, 2.05) is 45.3 Å². The first-order valence-corrected chi connectivity index (χ1v) is 11.2. The fourth-order valence-corrected chi connectivity index (χ4v) is 4.04. The topological polar surface area (TPSA) is 81.8 Å². The van der Waals surface area contributed by atoms with Gasteiger partial charge in [-0.25, -0.2) is 14.4 Å². The molecule has 0 fully saturated rings. The van der Waals surface area contributed by atoms with Gasteiger partial charge in [0.1, 0.15) is 11.6 Å². The molecule has 0 saturated carbocycles. The molecular weight excluding hydrogens is 449 g/mol. The molecule has 0 aliphatic carbocycles. The first-order chi connectivity index (χ1) is 15.4. The number of likely N-dealkylation sites (N-methyl/N-ethyl adjacent to an activating group) is 1. The zero-order chi connectivity index (χ0) is 22.7. The normalized spacial score (nSPS) is 11.3. The predicted octanol–water partition coefficient (Wildman–Crippen LogP) is 5.21. The number of hydrogen-bond acceptors (Lipinski definition) is 7. The summed E-state index contributed by atoms with van der Waals surface area (Å²) < 4.78 is 17.0. The first-order valence-electron chi connectivity index (χ1n) is 10.0. The second-order valence-corrected chi connectivity index (χ2v) is 8.80. The molecule has 10 heteroatoms. The van der Waals surface area contributed by atoms with E-state index in [-0.39, 0.29) is 5.82 Å². The van der Waals surface area contributed by atoms with Gasteiger partial charge in [0.25, 0.3) is 0 Å². The van der Waals surface area contributed by atoms with Crippen LogP contribution < -0.4 is 10.0 Å². The number of aromatic nitrogens is 4. The van der Waals surface area contributed by atoms with Gasteiger partial charge >= 0.3 is 0 Å². The second kappa shape index (κ2) is 9.72. The minimum Gasteiger partial charge on any atom is -0.368 e. The molecule has 0 bridgehead atoms. The van der Waals surface area contributed by atoms with Crippen molar-refractivity contribution >= 4 is 46.1 Å². The fraction of sp³-hybridized carbons (Fsp3) is 0.227. The summed E-state index contributed by atoms with van der Waals surface area (Å²) in [5.41, 5.74) is 3.22. The van der Waals surface area contributed by atoms with Crippen LogP contribution in [0.2, 0.25) is 5.02 Å². The summed E-state index contributed by atoms with van der Waals surface area (Å²) in [6, 6.07) is 12.1. The van der Waals surface area contributed by atoms with E-state index >= 15 is 0 Å². The monoisotopic (exact) mass is 471 g/mol. The lowest BCUT2D eigenvalue weighted by molar-refractivity contribution is 0.425. The standard InChI is InChI=1S/C22H23ClFN7S/c1-13-19-21(25-10-11-31(2)3)26-20(27-22(19)29-28-13)14-4-7-16(8-5-14)30-32-18-12-15(23)6-9-17(18)24/h4-9,12,30H,10-11H2,1-3H3,(H2,25,26,27,28,29). The van der Waals surface area contributed by atoms with E-state index in [1.165, 1.54) is 24.1 Å². The Morgan fingerprint density at radius 3 is 2.66 bits per heavy atom. The molecule has 0 spiro atoms. The third-order valence-corrected chi connectivity index (χ3v) is 5.87. The van der Waals surface area contributed by atoms with Gasteiger partial charge in [0.2, 0.25) is 0 Å². The van der Waals surface area contributed by atoms with Crippen LogP contribution in [0.5, 0.6) is 0 Å². The molecule has 0 saturated heterocycles. The number of nitrogens with one attached hydrogen (secondary N) is 3. The van der Waals surface area contributed by atoms with E-state index in [0.29, 0.717) is 21.4 Å². The minimum atomic E-state index is -0.325. The Bertz CT molecular complexity index is 1230. The zero-order valence-corrected chi connectivity index (χ0v) is 19.5. The summed E-state index contributed by atoms with van der Waals surface area (Å²) >= 11 is 7.12. The molecule has 2 aromatic heterocycles. The molecule has 0 unspecified atom stereocenters. The van der Waals surface area contributed by atoms with E-state index in [1.54, 1.807) is 6.07 Å². The van der Waals surface area contributed by atoms with Crippen LogP contribution in [0.25, 0.3) is 22.4 Å². The highest BCUT2D eigenvalue weighted by atomic mass is 35.5. The lowest BCUT2D eigenvalue weighted by Gasteiger charge is -2.13. The van der Waals surface area contributed by atoms with Crippen LogP contribution in [0.15, 0.2) is 47.4 Å². The molecule has 4 aromatic rings. The Hall–Kier alpha value is -2.88. The molecule has 3 N–H and O–H groups in total. The molecule has 0 radical (unpaired) electrons. The Morgan fingerprint density at radius 1 is 1.12 bits per heavy atom. The number of benzene rings is 2. The van der Waals surface area contributed by atoms with Crippen molar-refractivity contribution in [2.24, 2.45) is 0 Å². The van der Waals surface area contributed by atoms with Gasteiger partial charge in [0, 0.05) is 29.4 Å². The third kappa shape index (κ3) is 5.12. The molecule has 0 amide bonds. The SMILES string of the molecule is Cc1n[nH]c2nc(-c3ccc(NSc4cc(Cl)ccc4F)cc3)nc(NCCN(C)C)c12. The summed E-state index contributed by atoms with van der Waals surface area (Å²) in [7, 11) is 4.06. The van der Waals surface area contributed by atoms with Crippen molar-refractivity contribution in [2.45, 2.75) is 11.8 Å². The van der Waals surface area contributed by atoms with Gasteiger partial charge in [-0.1, -0.05) is 11.6 Å². The molecule has 7 nitrogen and oxygen atoms in total. The molecule has 166 valence electrons. The van der Waals surface area contributed by atoms with Crippen molar-refractivity contribution in [3.63, 3.8) is 0 Å². The average molecular weight is 472 g/mol. The number of fused-ring (bicyclic) bond motifs is 1. The molecule has 0 aliphatic heterocycles. The first kappa shape index (κ1) is 22.3. The Labute approximate surface area is 194 Å². The molecule has 2 heterocycles. The summed E-state index contributed by atoms with van der Waals surface area (Å²) in [6.07, 6.45) is 0. The van der Waals surface area contributed by atoms with Crippen molar-refractivity contribution in [1.29, 1.82) is 0 Å². The molecule has 0 atom stereocenters. The largest absolute Gasteiger partial charge is 0.368 e. The van der Waals surface area contributed by atoms with Crippen molar-refractivity contribution in [3.8, 4) is 11.4 Å². The van der Waals surface area contributed by atoms with Gasteiger partial charge in [-0.2, -0.15) is 5.10 Å². The quantitative estimate of drug-likeness (QED) is 0.304. The minimum absolute atomic E-state index is 0.325. The van der Waals surface area contributed by atoms with Gasteiger partial charge in [0.15, 0.2) is 11.5 Å². The third-order valence-electron chi connectivity index (χ3n) is 4.77. The smallest absolute Gasteiger partial charge is 0.163 e. The number of aromatic amines is 1. The van der Waals surface area contributed by atoms with Crippen LogP contribution >= 0.6 is 23.5 Å². The molecule has 0 aliphatic rings. The summed E-state index contributed by atoms with van der Waals surface area (Å²) in [5.74, 6) is 1.02. The maximum atomic E-state index is 13.9. The highest BCUT2D eigenvalue weighted by Crippen LogP contribution is 2.29. The molecule has 32 heavy (non-hydrogen) atoms. The number of nitrogens with zero attached hydrogens (tertiary/aromatic N) is 4. The van der Waals surface area contributed by atoms with Crippen molar-refractivity contribution in [1.82, 2.24) is 25.1 Å². The van der Waals surface area contributed by atoms with Gasteiger partial charge in [-0.15, -0.1) is 0 Å². The zero-order valence-electron chi connectivity index (χ0n) is 17.9. The average Bonchev–Trinajstić information content (AvgIpc) is 3.15.